The number of sulfonamides is 1. The fourth-order valence-corrected chi connectivity index (χ4v) is 4.77. The lowest BCUT2D eigenvalue weighted by atomic mass is 9.90. The van der Waals surface area contributed by atoms with Crippen molar-refractivity contribution >= 4 is 15.7 Å². The third kappa shape index (κ3) is 3.65. The van der Waals surface area contributed by atoms with Crippen molar-refractivity contribution in [2.45, 2.75) is 50.7 Å². The molecule has 0 amide bonds. The summed E-state index contributed by atoms with van der Waals surface area (Å²) < 4.78 is 34.7. The van der Waals surface area contributed by atoms with Gasteiger partial charge in [-0.2, -0.15) is 0 Å². The van der Waals surface area contributed by atoms with Crippen LogP contribution >= 0.6 is 0 Å². The molecule has 1 aliphatic heterocycles. The van der Waals surface area contributed by atoms with Gasteiger partial charge in [-0.1, -0.05) is 17.7 Å². The van der Waals surface area contributed by atoms with E-state index in [4.69, 9.17) is 10.5 Å². The summed E-state index contributed by atoms with van der Waals surface area (Å²) in [5, 5.41) is 0. The van der Waals surface area contributed by atoms with Gasteiger partial charge in [0.05, 0.1) is 10.9 Å². The highest BCUT2D eigenvalue weighted by Crippen LogP contribution is 2.41. The van der Waals surface area contributed by atoms with Crippen molar-refractivity contribution in [3.8, 4) is 5.75 Å². The molecule has 5 nitrogen and oxygen atoms in total. The van der Waals surface area contributed by atoms with Crippen molar-refractivity contribution < 1.29 is 13.2 Å². The number of anilines is 1. The maximum absolute atomic E-state index is 13.0. The van der Waals surface area contributed by atoms with Gasteiger partial charge in [-0.3, -0.25) is 0 Å². The lowest BCUT2D eigenvalue weighted by molar-refractivity contribution is 0.0702. The van der Waals surface area contributed by atoms with Crippen molar-refractivity contribution in [3.63, 3.8) is 0 Å². The van der Waals surface area contributed by atoms with Crippen LogP contribution in [0.25, 0.3) is 0 Å². The molecule has 134 valence electrons. The fourth-order valence-electron chi connectivity index (χ4n) is 3.33. The first-order valence-corrected chi connectivity index (χ1v) is 9.74. The summed E-state index contributed by atoms with van der Waals surface area (Å²) in [6, 6.07) is 10.3. The summed E-state index contributed by atoms with van der Waals surface area (Å²) in [6.07, 6.45) is 0.521. The maximum Gasteiger partial charge on any atom is 0.241 e. The Kier molecular flexibility index (Phi) is 4.29. The standard InChI is InChI=1S/C19H24N2O3S/c1-12-5-8-18(13(2)9-12)25(22,23)21-16-11-19(3,4)24-17-7-6-14(20)10-15(16)17/h5-10,16,21H,11,20H2,1-4H3. The van der Waals surface area contributed by atoms with Gasteiger partial charge >= 0.3 is 0 Å². The van der Waals surface area contributed by atoms with E-state index in [2.05, 4.69) is 4.72 Å². The van der Waals surface area contributed by atoms with E-state index < -0.39 is 21.7 Å². The molecule has 3 N–H and O–H groups in total. The molecule has 0 bridgehead atoms. The molecule has 2 aromatic carbocycles. The van der Waals surface area contributed by atoms with Crippen LogP contribution in [0.1, 0.15) is 43.0 Å². The van der Waals surface area contributed by atoms with Crippen molar-refractivity contribution in [1.82, 2.24) is 4.72 Å². The molecule has 1 atom stereocenters. The number of nitrogen functional groups attached to an aromatic ring is 1. The molecule has 0 aliphatic carbocycles. The molecule has 1 heterocycles. The van der Waals surface area contributed by atoms with Gasteiger partial charge in [-0.05, 0) is 57.5 Å². The minimum absolute atomic E-state index is 0.299. The molecule has 0 saturated heterocycles. The molecule has 0 radical (unpaired) electrons. The van der Waals surface area contributed by atoms with Crippen LogP contribution in [-0.2, 0) is 10.0 Å². The Bertz CT molecular complexity index is 920. The molecule has 0 fully saturated rings. The van der Waals surface area contributed by atoms with Crippen molar-refractivity contribution in [3.05, 3.63) is 53.1 Å². The zero-order valence-corrected chi connectivity index (χ0v) is 15.8. The summed E-state index contributed by atoms with van der Waals surface area (Å²) in [5.41, 5.74) is 8.53. The van der Waals surface area contributed by atoms with Crippen molar-refractivity contribution in [2.75, 3.05) is 5.73 Å². The van der Waals surface area contributed by atoms with Crippen molar-refractivity contribution in [2.24, 2.45) is 0 Å². The topological polar surface area (TPSA) is 81.4 Å². The first-order chi connectivity index (χ1) is 11.6. The summed E-state index contributed by atoms with van der Waals surface area (Å²) in [5.74, 6) is 0.666. The zero-order valence-electron chi connectivity index (χ0n) is 15.0. The van der Waals surface area contributed by atoms with E-state index in [1.54, 1.807) is 37.3 Å². The van der Waals surface area contributed by atoms with Crippen LogP contribution in [0.3, 0.4) is 0 Å². The van der Waals surface area contributed by atoms with Gasteiger partial charge in [-0.15, -0.1) is 0 Å². The number of aryl methyl sites for hydroxylation is 2. The molecular formula is C19H24N2O3S. The molecule has 6 heteroatoms. The number of hydrogen-bond donors (Lipinski definition) is 2. The van der Waals surface area contributed by atoms with E-state index in [-0.39, 0.29) is 0 Å². The van der Waals surface area contributed by atoms with E-state index in [0.29, 0.717) is 22.8 Å². The Balaban J connectivity index is 2.00. The average molecular weight is 360 g/mol. The Hall–Kier alpha value is -2.05. The zero-order chi connectivity index (χ0) is 18.4. The molecule has 1 unspecified atom stereocenters. The highest BCUT2D eigenvalue weighted by Gasteiger charge is 2.36. The lowest BCUT2D eigenvalue weighted by Crippen LogP contribution is -2.41. The number of benzene rings is 2. The summed E-state index contributed by atoms with van der Waals surface area (Å²) in [7, 11) is -3.66. The van der Waals surface area contributed by atoms with E-state index in [0.717, 1.165) is 16.7 Å². The number of rotatable bonds is 3. The lowest BCUT2D eigenvalue weighted by Gasteiger charge is -2.38. The molecule has 25 heavy (non-hydrogen) atoms. The first-order valence-electron chi connectivity index (χ1n) is 8.25. The van der Waals surface area contributed by atoms with Gasteiger partial charge in [0.2, 0.25) is 10.0 Å². The number of nitrogens with one attached hydrogen (secondary N) is 1. The predicted molar refractivity (Wildman–Crippen MR) is 99.2 cm³/mol. The highest BCUT2D eigenvalue weighted by molar-refractivity contribution is 7.89. The van der Waals surface area contributed by atoms with Gasteiger partial charge in [-0.25, -0.2) is 13.1 Å². The second-order valence-electron chi connectivity index (χ2n) is 7.31. The van der Waals surface area contributed by atoms with Crippen LogP contribution in [0.2, 0.25) is 0 Å². The number of nitrogens with two attached hydrogens (primary N) is 1. The molecular weight excluding hydrogens is 336 g/mol. The third-order valence-corrected chi connectivity index (χ3v) is 6.04. The number of ether oxygens (including phenoxy) is 1. The van der Waals surface area contributed by atoms with Crippen LogP contribution in [-0.4, -0.2) is 14.0 Å². The molecule has 0 saturated carbocycles. The smallest absolute Gasteiger partial charge is 0.241 e. The van der Waals surface area contributed by atoms with Gasteiger partial charge in [0.1, 0.15) is 11.4 Å². The second-order valence-corrected chi connectivity index (χ2v) is 8.99. The van der Waals surface area contributed by atoms with Gasteiger partial charge in [0.15, 0.2) is 0 Å². The van der Waals surface area contributed by atoms with E-state index >= 15 is 0 Å². The molecule has 0 spiro atoms. The van der Waals surface area contributed by atoms with Gasteiger partial charge < -0.3 is 10.5 Å². The van der Waals surface area contributed by atoms with Crippen LogP contribution in [0, 0.1) is 13.8 Å². The van der Waals surface area contributed by atoms with E-state index in [1.807, 2.05) is 26.8 Å². The third-order valence-electron chi connectivity index (χ3n) is 4.41. The predicted octanol–water partition coefficient (Wildman–Crippen LogP) is 3.47. The molecule has 2 aromatic rings. The SMILES string of the molecule is Cc1ccc(S(=O)(=O)NC2CC(C)(C)Oc3ccc(N)cc32)c(C)c1. The average Bonchev–Trinajstić information content (AvgIpc) is 2.46. The van der Waals surface area contributed by atoms with Crippen LogP contribution in [0.4, 0.5) is 5.69 Å². The van der Waals surface area contributed by atoms with Gasteiger partial charge in [0, 0.05) is 17.7 Å². The molecule has 1 aliphatic rings. The van der Waals surface area contributed by atoms with E-state index in [1.165, 1.54) is 0 Å². The Morgan fingerprint density at radius 1 is 1.16 bits per heavy atom. The monoisotopic (exact) mass is 360 g/mol. The number of hydrogen-bond acceptors (Lipinski definition) is 4. The van der Waals surface area contributed by atoms with E-state index in [9.17, 15) is 8.42 Å². The molecule has 3 rings (SSSR count). The Morgan fingerprint density at radius 3 is 2.56 bits per heavy atom. The molecule has 0 aromatic heterocycles. The van der Waals surface area contributed by atoms with Crippen LogP contribution < -0.4 is 15.2 Å². The largest absolute Gasteiger partial charge is 0.487 e. The Morgan fingerprint density at radius 2 is 1.88 bits per heavy atom. The normalized spacial score (nSPS) is 19.1. The Labute approximate surface area is 149 Å². The highest BCUT2D eigenvalue weighted by atomic mass is 32.2. The quantitative estimate of drug-likeness (QED) is 0.821. The first kappa shape index (κ1) is 17.8. The summed E-state index contributed by atoms with van der Waals surface area (Å²) >= 11 is 0. The minimum atomic E-state index is -3.66. The minimum Gasteiger partial charge on any atom is -0.487 e. The fraction of sp³-hybridized carbons (Fsp3) is 0.368. The maximum atomic E-state index is 13.0. The summed E-state index contributed by atoms with van der Waals surface area (Å²) in [4.78, 5) is 0.299. The van der Waals surface area contributed by atoms with Crippen LogP contribution in [0.15, 0.2) is 41.3 Å². The summed E-state index contributed by atoms with van der Waals surface area (Å²) in [6.45, 7) is 7.65. The number of fused-ring (bicyclic) bond motifs is 1. The van der Waals surface area contributed by atoms with Crippen molar-refractivity contribution in [1.29, 1.82) is 0 Å². The van der Waals surface area contributed by atoms with Gasteiger partial charge in [0.25, 0.3) is 0 Å². The van der Waals surface area contributed by atoms with Crippen LogP contribution in [0.5, 0.6) is 5.75 Å². The second kappa shape index (κ2) is 6.04.